The van der Waals surface area contributed by atoms with Crippen molar-refractivity contribution in [2.24, 2.45) is 0 Å². The van der Waals surface area contributed by atoms with Gasteiger partial charge in [-0.05, 0) is 42.3 Å². The largest absolute Gasteiger partial charge is 0.465 e. The van der Waals surface area contributed by atoms with Crippen LogP contribution in [0, 0.1) is 0 Å². The molecule has 2 aliphatic heterocycles. The molecular formula is C25H22N2O5. The summed E-state index contributed by atoms with van der Waals surface area (Å²) in [6.45, 7) is 0.566. The van der Waals surface area contributed by atoms with Gasteiger partial charge in [0, 0.05) is 18.4 Å². The Balaban J connectivity index is 1.83. The van der Waals surface area contributed by atoms with Crippen LogP contribution in [0.5, 0.6) is 0 Å². The number of amides is 1. The van der Waals surface area contributed by atoms with Crippen LogP contribution in [0.3, 0.4) is 0 Å². The van der Waals surface area contributed by atoms with Crippen LogP contribution < -0.4 is 9.80 Å². The number of esters is 2. The standard InChI is InChI=1S/C25H22N2O5/c1-31-24(29)19-11-7-8-15-26(22(19)25(30)32-2)21-13-6-4-10-18(21)23(28)27-16-14-17-9-3-5-12-20(17)27/h3-13,15H,14,16H2,1-2H3. The molecule has 0 saturated heterocycles. The van der Waals surface area contributed by atoms with Gasteiger partial charge in [0.1, 0.15) is 5.70 Å². The first-order valence-corrected chi connectivity index (χ1v) is 10.1. The molecule has 32 heavy (non-hydrogen) atoms. The van der Waals surface area contributed by atoms with Gasteiger partial charge in [0.05, 0.1) is 31.0 Å². The highest BCUT2D eigenvalue weighted by molar-refractivity contribution is 6.12. The molecule has 0 spiro atoms. The lowest BCUT2D eigenvalue weighted by atomic mass is 10.1. The molecule has 0 fully saturated rings. The molecule has 0 aliphatic carbocycles. The third-order valence-corrected chi connectivity index (χ3v) is 5.42. The van der Waals surface area contributed by atoms with E-state index < -0.39 is 11.9 Å². The number of hydrogen-bond donors (Lipinski definition) is 0. The molecule has 1 amide bonds. The second-order valence-electron chi connectivity index (χ2n) is 7.17. The molecule has 0 atom stereocenters. The van der Waals surface area contributed by atoms with Crippen molar-refractivity contribution in [3.8, 4) is 0 Å². The summed E-state index contributed by atoms with van der Waals surface area (Å²) in [6, 6.07) is 14.8. The van der Waals surface area contributed by atoms with Crippen LogP contribution in [0.1, 0.15) is 15.9 Å². The first-order valence-electron chi connectivity index (χ1n) is 10.1. The number of fused-ring (bicyclic) bond motifs is 1. The predicted octanol–water partition coefficient (Wildman–Crippen LogP) is 3.38. The van der Waals surface area contributed by atoms with Gasteiger partial charge in [-0.15, -0.1) is 0 Å². The van der Waals surface area contributed by atoms with Gasteiger partial charge in [0.15, 0.2) is 0 Å². The predicted molar refractivity (Wildman–Crippen MR) is 120 cm³/mol. The first-order chi connectivity index (χ1) is 15.6. The van der Waals surface area contributed by atoms with Gasteiger partial charge in [-0.3, -0.25) is 4.79 Å². The molecule has 2 aliphatic rings. The summed E-state index contributed by atoms with van der Waals surface area (Å²) in [5.41, 5.74) is 2.81. The SMILES string of the molecule is COC(=O)C1=C(C(=O)OC)N(c2ccccc2C(=O)N2CCc3ccccc32)C=CC=C1. The fraction of sp³-hybridized carbons (Fsp3) is 0.160. The molecule has 0 unspecified atom stereocenters. The lowest BCUT2D eigenvalue weighted by Crippen LogP contribution is -2.32. The minimum absolute atomic E-state index is 0.0260. The van der Waals surface area contributed by atoms with Crippen molar-refractivity contribution < 1.29 is 23.9 Å². The van der Waals surface area contributed by atoms with E-state index in [-0.39, 0.29) is 17.2 Å². The van der Waals surface area contributed by atoms with Crippen molar-refractivity contribution in [2.45, 2.75) is 6.42 Å². The van der Waals surface area contributed by atoms with Crippen LogP contribution in [-0.4, -0.2) is 38.6 Å². The van der Waals surface area contributed by atoms with E-state index in [2.05, 4.69) is 0 Å². The zero-order chi connectivity index (χ0) is 22.7. The van der Waals surface area contributed by atoms with Gasteiger partial charge >= 0.3 is 11.9 Å². The van der Waals surface area contributed by atoms with Crippen LogP contribution >= 0.6 is 0 Å². The molecule has 7 nitrogen and oxygen atoms in total. The Bertz CT molecular complexity index is 1180. The zero-order valence-electron chi connectivity index (χ0n) is 17.8. The van der Waals surface area contributed by atoms with Gasteiger partial charge in [-0.25, -0.2) is 9.59 Å². The molecule has 0 aromatic heterocycles. The maximum atomic E-state index is 13.6. The smallest absolute Gasteiger partial charge is 0.355 e. The molecule has 0 radical (unpaired) electrons. The lowest BCUT2D eigenvalue weighted by molar-refractivity contribution is -0.139. The van der Waals surface area contributed by atoms with Gasteiger partial charge in [0.2, 0.25) is 0 Å². The summed E-state index contributed by atoms with van der Waals surface area (Å²) >= 11 is 0. The summed E-state index contributed by atoms with van der Waals surface area (Å²) in [5, 5.41) is 0. The highest BCUT2D eigenvalue weighted by atomic mass is 16.5. The molecule has 2 heterocycles. The lowest BCUT2D eigenvalue weighted by Gasteiger charge is -2.26. The molecule has 0 bridgehead atoms. The third kappa shape index (κ3) is 3.69. The second kappa shape index (κ2) is 8.93. The number of allylic oxidation sites excluding steroid dienone is 2. The summed E-state index contributed by atoms with van der Waals surface area (Å²) in [7, 11) is 2.47. The van der Waals surface area contributed by atoms with E-state index in [1.165, 1.54) is 25.2 Å². The number of methoxy groups -OCH3 is 2. The minimum Gasteiger partial charge on any atom is -0.465 e. The van der Waals surface area contributed by atoms with Crippen LogP contribution in [0.4, 0.5) is 11.4 Å². The number of para-hydroxylation sites is 2. The normalized spacial score (nSPS) is 14.8. The van der Waals surface area contributed by atoms with Gasteiger partial charge < -0.3 is 19.3 Å². The Hall–Kier alpha value is -4.13. The van der Waals surface area contributed by atoms with E-state index in [0.717, 1.165) is 17.7 Å². The maximum absolute atomic E-state index is 13.6. The first kappa shape index (κ1) is 21.1. The molecule has 4 rings (SSSR count). The Morgan fingerprint density at radius 1 is 0.844 bits per heavy atom. The number of rotatable bonds is 4. The van der Waals surface area contributed by atoms with Crippen molar-refractivity contribution in [3.63, 3.8) is 0 Å². The zero-order valence-corrected chi connectivity index (χ0v) is 17.8. The molecule has 162 valence electrons. The Kier molecular flexibility index (Phi) is 5.89. The number of hydrogen-bond acceptors (Lipinski definition) is 6. The van der Waals surface area contributed by atoms with E-state index in [0.29, 0.717) is 17.8 Å². The quantitative estimate of drug-likeness (QED) is 0.693. The van der Waals surface area contributed by atoms with Gasteiger partial charge in [-0.1, -0.05) is 36.4 Å². The van der Waals surface area contributed by atoms with Crippen molar-refractivity contribution in [3.05, 3.63) is 95.4 Å². The number of benzene rings is 2. The van der Waals surface area contributed by atoms with Crippen LogP contribution in [0.25, 0.3) is 0 Å². The molecule has 0 N–H and O–H groups in total. The highest BCUT2D eigenvalue weighted by Crippen LogP contribution is 2.33. The molecule has 2 aromatic rings. The molecular weight excluding hydrogens is 408 g/mol. The topological polar surface area (TPSA) is 76.2 Å². The maximum Gasteiger partial charge on any atom is 0.355 e. The fourth-order valence-corrected chi connectivity index (χ4v) is 3.91. The van der Waals surface area contributed by atoms with Gasteiger partial charge in [-0.2, -0.15) is 0 Å². The van der Waals surface area contributed by atoms with E-state index in [1.54, 1.807) is 47.5 Å². The minimum atomic E-state index is -0.727. The van der Waals surface area contributed by atoms with Crippen LogP contribution in [0.2, 0.25) is 0 Å². The van der Waals surface area contributed by atoms with Crippen molar-refractivity contribution in [1.29, 1.82) is 0 Å². The van der Waals surface area contributed by atoms with E-state index >= 15 is 0 Å². The highest BCUT2D eigenvalue weighted by Gasteiger charge is 2.32. The summed E-state index contributed by atoms with van der Waals surface area (Å²) < 4.78 is 9.83. The molecule has 7 heteroatoms. The number of carbonyl (C=O) groups is 3. The monoisotopic (exact) mass is 430 g/mol. The number of anilines is 2. The average molecular weight is 430 g/mol. The van der Waals surface area contributed by atoms with Crippen molar-refractivity contribution in [2.75, 3.05) is 30.6 Å². The van der Waals surface area contributed by atoms with Crippen molar-refractivity contribution >= 4 is 29.2 Å². The Morgan fingerprint density at radius 3 is 2.28 bits per heavy atom. The van der Waals surface area contributed by atoms with E-state index in [4.69, 9.17) is 9.47 Å². The van der Waals surface area contributed by atoms with Crippen LogP contribution in [0.15, 0.2) is 84.2 Å². The number of ether oxygens (including phenoxy) is 2. The van der Waals surface area contributed by atoms with E-state index in [1.807, 2.05) is 24.3 Å². The molecule has 2 aromatic carbocycles. The summed E-state index contributed by atoms with van der Waals surface area (Å²) in [5.74, 6) is -1.61. The van der Waals surface area contributed by atoms with Crippen molar-refractivity contribution in [1.82, 2.24) is 0 Å². The third-order valence-electron chi connectivity index (χ3n) is 5.42. The molecule has 0 saturated carbocycles. The summed E-state index contributed by atoms with van der Waals surface area (Å²) in [4.78, 5) is 42.0. The van der Waals surface area contributed by atoms with Crippen LogP contribution in [-0.2, 0) is 25.5 Å². The Labute approximate surface area is 185 Å². The number of nitrogens with zero attached hydrogens (tertiary/aromatic N) is 2. The average Bonchev–Trinajstić information content (AvgIpc) is 3.14. The Morgan fingerprint density at radius 2 is 1.53 bits per heavy atom. The van der Waals surface area contributed by atoms with Gasteiger partial charge in [0.25, 0.3) is 5.91 Å². The summed E-state index contributed by atoms with van der Waals surface area (Å²) in [6.07, 6.45) is 7.16. The second-order valence-corrected chi connectivity index (χ2v) is 7.17. The fourth-order valence-electron chi connectivity index (χ4n) is 3.91. The number of carbonyl (C=O) groups excluding carboxylic acids is 3. The van der Waals surface area contributed by atoms with E-state index in [9.17, 15) is 14.4 Å².